The van der Waals surface area contributed by atoms with E-state index in [-0.39, 0.29) is 23.8 Å². The smallest absolute Gasteiger partial charge is 0.389 e. The highest BCUT2D eigenvalue weighted by Gasteiger charge is 2.49. The standard InChI is InChI=1S/C36H53F3O6Si4.C31H51F3O5Si4/c1-29-21-23-32(24-22-29)35(41)42-34-20-12-10-16-31(34)18-14-26-46(2,3)43-48(6,7)45-49(8,28-25-36(37,38)39)44-47(4,5)27-13-17-30-15-9-11-19-33(30)40;1-26-16-10-11-17-28(26)19-14-23-40(3,4)37-42(7,8)39-43(9,25-22-31(32,33)34)38-41(5,6)24-15-20-29-18-12-13-21-30(29)36-27(2)35/h9-12,15-16,19-24,40H,13-14,17-18,25-28H2,1-8H3;10-13,16-18,21H,14-15,19-20,22-25H2,1-9H3. The number of hydrogen-bond donors (Lipinski definition) is 1. The van der Waals surface area contributed by atoms with Crippen molar-refractivity contribution in [2.75, 3.05) is 0 Å². The van der Waals surface area contributed by atoms with Crippen molar-refractivity contribution in [2.45, 2.75) is 225 Å². The Labute approximate surface area is 554 Å². The highest BCUT2D eigenvalue weighted by atomic mass is 28.5. The van der Waals surface area contributed by atoms with Crippen LogP contribution in [0.3, 0.4) is 0 Å². The molecule has 0 aliphatic rings. The summed E-state index contributed by atoms with van der Waals surface area (Å²) in [5.41, 5.74) is 6.87. The van der Waals surface area contributed by atoms with Crippen LogP contribution in [0, 0.1) is 13.8 Å². The number of benzene rings is 5. The van der Waals surface area contributed by atoms with Crippen molar-refractivity contribution in [1.82, 2.24) is 0 Å². The summed E-state index contributed by atoms with van der Waals surface area (Å²) in [7, 11) is -21.6. The number of aryl methyl sites for hydroxylation is 6. The van der Waals surface area contributed by atoms with Crippen molar-refractivity contribution >= 4 is 79.5 Å². The van der Waals surface area contributed by atoms with Gasteiger partial charge in [-0.3, -0.25) is 4.79 Å². The van der Waals surface area contributed by atoms with E-state index in [1.54, 1.807) is 49.5 Å². The van der Waals surface area contributed by atoms with Crippen LogP contribution in [-0.4, -0.2) is 96.9 Å². The predicted molar refractivity (Wildman–Crippen MR) is 378 cm³/mol. The number of phenolic OH excluding ortho intramolecular Hbond substituents is 1. The first-order chi connectivity index (χ1) is 42.4. The molecule has 0 saturated carbocycles. The van der Waals surface area contributed by atoms with Crippen molar-refractivity contribution < 1.29 is 75.2 Å². The molecule has 5 rings (SSSR count). The Morgan fingerprint density at radius 3 is 1.13 bits per heavy atom. The lowest BCUT2D eigenvalue weighted by Crippen LogP contribution is -2.58. The van der Waals surface area contributed by atoms with Gasteiger partial charge in [-0.25, -0.2) is 4.79 Å². The first kappa shape index (κ1) is 80.3. The largest absolute Gasteiger partial charge is 0.508 e. The van der Waals surface area contributed by atoms with Crippen LogP contribution in [0.5, 0.6) is 17.2 Å². The lowest BCUT2D eigenvalue weighted by Gasteiger charge is -2.43. The fraction of sp³-hybridized carbons (Fsp3) is 0.522. The van der Waals surface area contributed by atoms with Crippen LogP contribution in [0.4, 0.5) is 26.3 Å². The molecule has 25 heteroatoms. The Bertz CT molecular complexity index is 3110. The first-order valence-corrected chi connectivity index (χ1v) is 55.3. The van der Waals surface area contributed by atoms with Crippen molar-refractivity contribution in [2.24, 2.45) is 0 Å². The quantitative estimate of drug-likeness (QED) is 0.0180. The normalized spacial score (nSPS) is 14.2. The van der Waals surface area contributed by atoms with E-state index < -0.39 is 98.7 Å². The van der Waals surface area contributed by atoms with E-state index in [9.17, 15) is 41.0 Å². The number of ether oxygens (including phenoxy) is 2. The second kappa shape index (κ2) is 34.7. The number of phenols is 1. The molecule has 0 bridgehead atoms. The third kappa shape index (κ3) is 31.6. The zero-order valence-corrected chi connectivity index (χ0v) is 65.7. The van der Waals surface area contributed by atoms with E-state index in [1.165, 1.54) is 18.1 Å². The summed E-state index contributed by atoms with van der Waals surface area (Å²) in [6, 6.07) is 40.6. The van der Waals surface area contributed by atoms with Crippen LogP contribution in [0.15, 0.2) is 121 Å². The highest BCUT2D eigenvalue weighted by Crippen LogP contribution is 2.37. The van der Waals surface area contributed by atoms with Gasteiger partial charge in [-0.05, 0) is 251 Å². The number of carbonyl (C=O) groups is 2. The molecule has 11 nitrogen and oxygen atoms in total. The second-order valence-electron chi connectivity index (χ2n) is 28.0. The van der Waals surface area contributed by atoms with E-state index in [0.717, 1.165) is 78.5 Å². The average molecular weight is 1420 g/mol. The topological polar surface area (TPSA) is 128 Å². The maximum atomic E-state index is 13.5. The molecule has 0 heterocycles. The summed E-state index contributed by atoms with van der Waals surface area (Å²) in [4.78, 5) is 24.3. The molecule has 0 saturated heterocycles. The molecular weight excluding hydrogens is 1320 g/mol. The monoisotopic (exact) mass is 1420 g/mol. The predicted octanol–water partition coefficient (Wildman–Crippen LogP) is 20.3. The number of hydrogen-bond acceptors (Lipinski definition) is 11. The Morgan fingerprint density at radius 1 is 0.402 bits per heavy atom. The molecule has 0 aliphatic carbocycles. The molecule has 5 aromatic carbocycles. The minimum Gasteiger partial charge on any atom is -0.508 e. The SMILES string of the molecule is CC(=O)Oc1ccccc1CCC[Si](C)(C)O[Si](C)(CCC(F)(F)F)O[Si](C)(C)O[Si](C)(C)CCCc1ccccc1C.Cc1ccc(C(=O)Oc2ccccc2CCC[Si](C)(C)O[Si](C)(C)O[Si](C)(CCC(F)(F)F)O[Si](C)(C)CCCc2ccccc2O)cc1. The lowest BCUT2D eigenvalue weighted by atomic mass is 10.1. The van der Waals surface area contributed by atoms with Crippen molar-refractivity contribution in [1.29, 1.82) is 0 Å². The van der Waals surface area contributed by atoms with Crippen LogP contribution in [0.25, 0.3) is 0 Å². The van der Waals surface area contributed by atoms with Gasteiger partial charge in [0, 0.05) is 19.8 Å². The molecule has 0 aromatic heterocycles. The van der Waals surface area contributed by atoms with Crippen LogP contribution in [-0.2, 0) is 55.2 Å². The average Bonchev–Trinajstić information content (AvgIpc) is 0.858. The van der Waals surface area contributed by atoms with Gasteiger partial charge in [-0.1, -0.05) is 96.6 Å². The van der Waals surface area contributed by atoms with Gasteiger partial charge in [-0.2, -0.15) is 26.3 Å². The molecule has 92 heavy (non-hydrogen) atoms. The number of carbonyl (C=O) groups excluding carboxylic acids is 2. The molecule has 512 valence electrons. The fourth-order valence-corrected chi connectivity index (χ4v) is 51.2. The molecule has 2 atom stereocenters. The highest BCUT2D eigenvalue weighted by molar-refractivity contribution is 6.91. The number of rotatable bonds is 35. The van der Waals surface area contributed by atoms with E-state index in [0.29, 0.717) is 36.3 Å². The Morgan fingerprint density at radius 2 is 0.739 bits per heavy atom. The van der Waals surface area contributed by atoms with Crippen LogP contribution in [0.1, 0.15) is 89.2 Å². The van der Waals surface area contributed by atoms with Gasteiger partial charge in [0.15, 0.2) is 33.3 Å². The molecule has 0 aliphatic heterocycles. The number of para-hydroxylation sites is 3. The van der Waals surface area contributed by atoms with E-state index >= 15 is 0 Å². The van der Waals surface area contributed by atoms with Gasteiger partial charge >= 0.3 is 58.5 Å². The summed E-state index contributed by atoms with van der Waals surface area (Å²) >= 11 is 0. The zero-order chi connectivity index (χ0) is 69.0. The molecule has 0 radical (unpaired) electrons. The van der Waals surface area contributed by atoms with Gasteiger partial charge in [0.2, 0.25) is 0 Å². The fourth-order valence-electron chi connectivity index (χ4n) is 11.8. The number of aromatic hydroxyl groups is 1. The summed E-state index contributed by atoms with van der Waals surface area (Å²) < 4.78 is 132. The second-order valence-corrected chi connectivity index (χ2v) is 60.1. The van der Waals surface area contributed by atoms with Gasteiger partial charge in [0.25, 0.3) is 0 Å². The van der Waals surface area contributed by atoms with Gasteiger partial charge < -0.3 is 39.3 Å². The molecule has 0 spiro atoms. The van der Waals surface area contributed by atoms with Crippen molar-refractivity contribution in [3.8, 4) is 17.2 Å². The van der Waals surface area contributed by atoms with Crippen LogP contribution in [0.2, 0.25) is 128 Å². The Balaban J connectivity index is 0.000000396. The van der Waals surface area contributed by atoms with Gasteiger partial charge in [0.1, 0.15) is 17.2 Å². The minimum absolute atomic E-state index is 0.155. The molecule has 1 N–H and O–H groups in total. The van der Waals surface area contributed by atoms with E-state index in [4.69, 9.17) is 34.2 Å². The van der Waals surface area contributed by atoms with E-state index in [2.05, 4.69) is 51.3 Å². The Hall–Kier alpha value is -4.08. The van der Waals surface area contributed by atoms with Crippen molar-refractivity contribution in [3.05, 3.63) is 160 Å². The molecule has 0 fully saturated rings. The summed E-state index contributed by atoms with van der Waals surface area (Å²) in [5.74, 6) is 0.539. The molecular formula is C67H104F6O11Si8. The number of alkyl halides is 6. The molecule has 2 unspecified atom stereocenters. The summed E-state index contributed by atoms with van der Waals surface area (Å²) in [5, 5.41) is 10.1. The summed E-state index contributed by atoms with van der Waals surface area (Å²) in [6.45, 7) is 33.5. The lowest BCUT2D eigenvalue weighted by molar-refractivity contribution is -0.132. The third-order valence-corrected chi connectivity index (χ3v) is 47.7. The van der Waals surface area contributed by atoms with Crippen LogP contribution < -0.4 is 9.47 Å². The van der Waals surface area contributed by atoms with E-state index in [1.807, 2.05) is 126 Å². The number of halogens is 6. The van der Waals surface area contributed by atoms with Gasteiger partial charge in [0.05, 0.1) is 5.56 Å². The maximum Gasteiger partial charge on any atom is 0.389 e. The number of esters is 2. The maximum absolute atomic E-state index is 13.5. The molecule has 0 amide bonds. The Kier molecular flexibility index (Phi) is 30.3. The molecule has 5 aromatic rings. The van der Waals surface area contributed by atoms with Crippen LogP contribution >= 0.6 is 0 Å². The van der Waals surface area contributed by atoms with Gasteiger partial charge in [-0.15, -0.1) is 0 Å². The minimum atomic E-state index is -4.32. The van der Waals surface area contributed by atoms with Crippen molar-refractivity contribution in [3.63, 3.8) is 0 Å². The third-order valence-electron chi connectivity index (χ3n) is 15.5. The zero-order valence-electron chi connectivity index (χ0n) is 57.7. The first-order valence-electron chi connectivity index (χ1n) is 32.2. The summed E-state index contributed by atoms with van der Waals surface area (Å²) in [6.07, 6.45) is -4.20.